The molecule has 0 atom stereocenters. The molecular formula is C6H12N4. The van der Waals surface area contributed by atoms with Gasteiger partial charge in [-0.25, -0.2) is 9.97 Å². The Kier molecular flexibility index (Phi) is 3.95. The number of nitrogens with zero attached hydrogens (tertiary/aromatic N) is 2. The van der Waals surface area contributed by atoms with Crippen molar-refractivity contribution < 1.29 is 0 Å². The van der Waals surface area contributed by atoms with E-state index in [-0.39, 0.29) is 0 Å². The van der Waals surface area contributed by atoms with Crippen molar-refractivity contribution in [3.63, 3.8) is 0 Å². The van der Waals surface area contributed by atoms with Crippen LogP contribution in [0.25, 0.3) is 0 Å². The summed E-state index contributed by atoms with van der Waals surface area (Å²) in [6.07, 6.45) is 2.82. The van der Waals surface area contributed by atoms with Crippen LogP contribution in [0.1, 0.15) is 13.8 Å². The van der Waals surface area contributed by atoms with Crippen molar-refractivity contribution in [2.24, 2.45) is 0 Å². The average molecular weight is 140 g/mol. The van der Waals surface area contributed by atoms with Crippen LogP contribution < -0.4 is 11.5 Å². The third-order valence-electron chi connectivity index (χ3n) is 0.692. The zero-order chi connectivity index (χ0) is 7.98. The molecule has 1 rings (SSSR count). The van der Waals surface area contributed by atoms with Crippen molar-refractivity contribution >= 4 is 11.6 Å². The van der Waals surface area contributed by atoms with Gasteiger partial charge in [0.05, 0.1) is 12.4 Å². The molecule has 1 aromatic rings. The van der Waals surface area contributed by atoms with E-state index >= 15 is 0 Å². The first-order valence-electron chi connectivity index (χ1n) is 3.12. The van der Waals surface area contributed by atoms with E-state index in [4.69, 9.17) is 11.5 Å². The van der Waals surface area contributed by atoms with Crippen LogP contribution in [0.2, 0.25) is 0 Å². The topological polar surface area (TPSA) is 77.8 Å². The van der Waals surface area contributed by atoms with Crippen LogP contribution >= 0.6 is 0 Å². The van der Waals surface area contributed by atoms with Gasteiger partial charge in [0.1, 0.15) is 11.6 Å². The van der Waals surface area contributed by atoms with E-state index in [0.717, 1.165) is 0 Å². The highest BCUT2D eigenvalue weighted by Gasteiger charge is 1.83. The first-order chi connectivity index (χ1) is 4.79. The lowest BCUT2D eigenvalue weighted by molar-refractivity contribution is 1.22. The van der Waals surface area contributed by atoms with Crippen LogP contribution in [-0.2, 0) is 0 Å². The molecule has 1 aromatic heterocycles. The third kappa shape index (κ3) is 2.86. The first-order valence-corrected chi connectivity index (χ1v) is 3.12. The molecule has 56 valence electrons. The molecule has 4 N–H and O–H groups in total. The van der Waals surface area contributed by atoms with E-state index in [1.165, 1.54) is 12.4 Å². The summed E-state index contributed by atoms with van der Waals surface area (Å²) >= 11 is 0. The minimum atomic E-state index is 0.388. The van der Waals surface area contributed by atoms with Crippen LogP contribution in [0.15, 0.2) is 12.4 Å². The Labute approximate surface area is 60.3 Å². The molecule has 0 fully saturated rings. The third-order valence-corrected chi connectivity index (χ3v) is 0.692. The molecule has 0 spiro atoms. The van der Waals surface area contributed by atoms with Gasteiger partial charge in [-0.2, -0.15) is 0 Å². The molecule has 0 aromatic carbocycles. The summed E-state index contributed by atoms with van der Waals surface area (Å²) in [5, 5.41) is 0. The van der Waals surface area contributed by atoms with Crippen molar-refractivity contribution in [1.29, 1.82) is 0 Å². The Bertz CT molecular complexity index is 149. The van der Waals surface area contributed by atoms with Crippen LogP contribution in [0.5, 0.6) is 0 Å². The van der Waals surface area contributed by atoms with Crippen LogP contribution in [0, 0.1) is 0 Å². The lowest BCUT2D eigenvalue weighted by atomic mass is 10.6. The Morgan fingerprint density at radius 1 is 1.00 bits per heavy atom. The number of aromatic nitrogens is 2. The maximum absolute atomic E-state index is 5.20. The molecule has 0 unspecified atom stereocenters. The Hall–Kier alpha value is -1.32. The second-order valence-electron chi connectivity index (χ2n) is 1.37. The van der Waals surface area contributed by atoms with Crippen molar-refractivity contribution in [2.75, 3.05) is 11.5 Å². The normalized spacial score (nSPS) is 7.80. The van der Waals surface area contributed by atoms with Gasteiger partial charge < -0.3 is 11.5 Å². The molecule has 0 aliphatic rings. The summed E-state index contributed by atoms with van der Waals surface area (Å²) < 4.78 is 0. The lowest BCUT2D eigenvalue weighted by Crippen LogP contribution is -1.94. The summed E-state index contributed by atoms with van der Waals surface area (Å²) in [7, 11) is 0. The first kappa shape index (κ1) is 8.68. The zero-order valence-corrected chi connectivity index (χ0v) is 6.20. The number of hydrogen-bond donors (Lipinski definition) is 2. The van der Waals surface area contributed by atoms with Crippen LogP contribution in [-0.4, -0.2) is 9.97 Å². The molecule has 10 heavy (non-hydrogen) atoms. The second-order valence-corrected chi connectivity index (χ2v) is 1.37. The minimum Gasteiger partial charge on any atom is -0.382 e. The number of hydrogen-bond acceptors (Lipinski definition) is 4. The van der Waals surface area contributed by atoms with Gasteiger partial charge in [-0.1, -0.05) is 13.8 Å². The second kappa shape index (κ2) is 4.55. The number of rotatable bonds is 0. The van der Waals surface area contributed by atoms with Gasteiger partial charge in [0.2, 0.25) is 0 Å². The van der Waals surface area contributed by atoms with Gasteiger partial charge in [0, 0.05) is 0 Å². The molecule has 0 saturated carbocycles. The van der Waals surface area contributed by atoms with E-state index in [2.05, 4.69) is 9.97 Å². The van der Waals surface area contributed by atoms with Crippen molar-refractivity contribution in [3.05, 3.63) is 12.4 Å². The monoisotopic (exact) mass is 140 g/mol. The van der Waals surface area contributed by atoms with Gasteiger partial charge in [0.15, 0.2) is 0 Å². The summed E-state index contributed by atoms with van der Waals surface area (Å²) in [5.74, 6) is 0.776. The Morgan fingerprint density at radius 2 is 1.30 bits per heavy atom. The van der Waals surface area contributed by atoms with E-state index < -0.39 is 0 Å². The SMILES string of the molecule is CC.Nc1cnc(N)cn1. The average Bonchev–Trinajstić information content (AvgIpc) is 2.00. The summed E-state index contributed by atoms with van der Waals surface area (Å²) in [5.41, 5.74) is 10.4. The van der Waals surface area contributed by atoms with Crippen molar-refractivity contribution in [3.8, 4) is 0 Å². The molecule has 0 radical (unpaired) electrons. The van der Waals surface area contributed by atoms with Gasteiger partial charge in [-0.15, -0.1) is 0 Å². The molecule has 4 nitrogen and oxygen atoms in total. The largest absolute Gasteiger partial charge is 0.382 e. The van der Waals surface area contributed by atoms with Crippen LogP contribution in [0.3, 0.4) is 0 Å². The predicted molar refractivity (Wildman–Crippen MR) is 42.2 cm³/mol. The van der Waals surface area contributed by atoms with Gasteiger partial charge in [0.25, 0.3) is 0 Å². The molecule has 0 bridgehead atoms. The summed E-state index contributed by atoms with van der Waals surface area (Å²) in [6.45, 7) is 4.00. The fraction of sp³-hybridized carbons (Fsp3) is 0.333. The van der Waals surface area contributed by atoms with E-state index in [1.807, 2.05) is 13.8 Å². The van der Waals surface area contributed by atoms with Gasteiger partial charge in [-0.05, 0) is 0 Å². The summed E-state index contributed by atoms with van der Waals surface area (Å²) in [4.78, 5) is 7.34. The molecule has 0 saturated heterocycles. The quantitative estimate of drug-likeness (QED) is 0.555. The molecule has 0 amide bonds. The van der Waals surface area contributed by atoms with Gasteiger partial charge in [-0.3, -0.25) is 0 Å². The highest BCUT2D eigenvalue weighted by Crippen LogP contribution is 1.94. The fourth-order valence-corrected chi connectivity index (χ4v) is 0.348. The maximum Gasteiger partial charge on any atom is 0.142 e. The predicted octanol–water partition coefficient (Wildman–Crippen LogP) is 0.667. The molecule has 1 heterocycles. The lowest BCUT2D eigenvalue weighted by Gasteiger charge is -1.88. The van der Waals surface area contributed by atoms with Gasteiger partial charge >= 0.3 is 0 Å². The Morgan fingerprint density at radius 3 is 1.50 bits per heavy atom. The smallest absolute Gasteiger partial charge is 0.142 e. The molecule has 0 aliphatic carbocycles. The number of nitrogens with two attached hydrogens (primary N) is 2. The number of anilines is 2. The minimum absolute atomic E-state index is 0.388. The maximum atomic E-state index is 5.20. The Balaban J connectivity index is 0.000000371. The molecular weight excluding hydrogens is 128 g/mol. The summed E-state index contributed by atoms with van der Waals surface area (Å²) in [6, 6.07) is 0. The van der Waals surface area contributed by atoms with E-state index in [0.29, 0.717) is 11.6 Å². The number of nitrogen functional groups attached to an aromatic ring is 2. The zero-order valence-electron chi connectivity index (χ0n) is 6.20. The van der Waals surface area contributed by atoms with E-state index in [9.17, 15) is 0 Å². The van der Waals surface area contributed by atoms with Crippen molar-refractivity contribution in [1.82, 2.24) is 9.97 Å². The molecule has 0 aliphatic heterocycles. The highest BCUT2D eigenvalue weighted by atomic mass is 14.9. The van der Waals surface area contributed by atoms with Crippen molar-refractivity contribution in [2.45, 2.75) is 13.8 Å². The standard InChI is InChI=1S/C4H6N4.C2H6/c5-3-1-7-4(6)2-8-3;1-2/h1-2H,(H2,6,7)(H2,5,8);1-2H3. The van der Waals surface area contributed by atoms with Crippen LogP contribution in [0.4, 0.5) is 11.6 Å². The van der Waals surface area contributed by atoms with E-state index in [1.54, 1.807) is 0 Å². The highest BCUT2D eigenvalue weighted by molar-refractivity contribution is 5.30. The fourth-order valence-electron chi connectivity index (χ4n) is 0.348. The molecule has 4 heteroatoms.